The van der Waals surface area contributed by atoms with Gasteiger partial charge in [-0.1, -0.05) is 12.2 Å². The molecule has 0 fully saturated rings. The molecule has 0 saturated carbocycles. The van der Waals surface area contributed by atoms with Gasteiger partial charge < -0.3 is 7.43 Å². The molecule has 1 heteroatoms. The van der Waals surface area contributed by atoms with Gasteiger partial charge in [-0.2, -0.15) is 0 Å². The fraction of sp³-hybridized carbons (Fsp3) is 0.438. The highest BCUT2D eigenvalue weighted by Crippen LogP contribution is 2.24. The lowest BCUT2D eigenvalue weighted by Crippen LogP contribution is -2.48. The lowest BCUT2D eigenvalue weighted by Gasteiger charge is -2.35. The van der Waals surface area contributed by atoms with Crippen LogP contribution in [0.2, 0.25) is 0 Å². The van der Waals surface area contributed by atoms with Crippen LogP contribution in [0.15, 0.2) is 30.8 Å². The fourth-order valence-electron chi connectivity index (χ4n) is 2.28. The lowest BCUT2D eigenvalue weighted by atomic mass is 10.1. The zero-order valence-electron chi connectivity index (χ0n) is 12.1. The van der Waals surface area contributed by atoms with E-state index in [-0.39, 0.29) is 7.43 Å². The minimum atomic E-state index is 0. The van der Waals surface area contributed by atoms with Gasteiger partial charge in [0.15, 0.2) is 0 Å². The molecule has 1 nitrogen and oxygen atoms in total. The molecule has 0 heterocycles. The van der Waals surface area contributed by atoms with Crippen LogP contribution in [-0.2, 0) is 0 Å². The van der Waals surface area contributed by atoms with E-state index in [2.05, 4.69) is 58.5 Å². The van der Waals surface area contributed by atoms with Crippen molar-refractivity contribution in [3.63, 3.8) is 0 Å². The molecular weight excluding hydrogens is 206 g/mol. The summed E-state index contributed by atoms with van der Waals surface area (Å²) in [5.74, 6) is 0. The first-order valence-electron chi connectivity index (χ1n) is 6.22. The van der Waals surface area contributed by atoms with E-state index in [1.54, 1.807) is 0 Å². The summed E-state index contributed by atoms with van der Waals surface area (Å²) in [4.78, 5) is 0. The third kappa shape index (κ3) is 3.19. The lowest BCUT2D eigenvalue weighted by molar-refractivity contribution is 0.316. The molecule has 0 amide bonds. The van der Waals surface area contributed by atoms with Crippen LogP contribution in [0.1, 0.15) is 33.3 Å². The van der Waals surface area contributed by atoms with Crippen molar-refractivity contribution in [3.05, 3.63) is 43.8 Å². The van der Waals surface area contributed by atoms with Crippen LogP contribution in [-0.4, -0.2) is 19.6 Å². The van der Waals surface area contributed by atoms with Crippen molar-refractivity contribution in [1.82, 2.24) is 4.48 Å². The summed E-state index contributed by atoms with van der Waals surface area (Å²) < 4.78 is 1.07. The van der Waals surface area contributed by atoms with E-state index in [9.17, 15) is 0 Å². The molecule has 1 rings (SSSR count). The first kappa shape index (κ1) is 15.9. The molecule has 0 aliphatic heterocycles. The second kappa shape index (κ2) is 6.61. The highest BCUT2D eigenvalue weighted by Gasteiger charge is 2.23. The first-order chi connectivity index (χ1) is 7.59. The van der Waals surface area contributed by atoms with Crippen molar-refractivity contribution in [3.8, 4) is 0 Å². The molecule has 0 unspecified atom stereocenters. The van der Waals surface area contributed by atoms with Crippen LogP contribution in [0.3, 0.4) is 0 Å². The average molecular weight is 233 g/mol. The predicted octanol–water partition coefficient (Wildman–Crippen LogP) is 4.54. The first-order valence-corrected chi connectivity index (χ1v) is 6.22. The van der Waals surface area contributed by atoms with Crippen molar-refractivity contribution in [2.75, 3.05) is 19.6 Å². The Morgan fingerprint density at radius 3 is 1.71 bits per heavy atom. The zero-order chi connectivity index (χ0) is 12.2. The number of benzene rings is 1. The van der Waals surface area contributed by atoms with Crippen LogP contribution in [0.4, 0.5) is 5.69 Å². The van der Waals surface area contributed by atoms with Crippen LogP contribution in [0, 0.1) is 7.43 Å². The second-order valence-electron chi connectivity index (χ2n) is 4.42. The molecule has 17 heavy (non-hydrogen) atoms. The molecule has 0 aliphatic carbocycles. The van der Waals surface area contributed by atoms with Crippen LogP contribution in [0.5, 0.6) is 0 Å². The largest absolute Gasteiger partial charge is 0.358 e. The molecular formula is C16H27N. The van der Waals surface area contributed by atoms with E-state index in [0.29, 0.717) is 0 Å². The number of quaternary nitrogens is 1. The minimum Gasteiger partial charge on any atom is -0.358 e. The molecule has 1 aromatic rings. The number of nitrogens with zero attached hydrogens (tertiary/aromatic N) is 1. The van der Waals surface area contributed by atoms with Gasteiger partial charge in [0.05, 0.1) is 19.6 Å². The molecule has 96 valence electrons. The summed E-state index contributed by atoms with van der Waals surface area (Å²) in [6, 6.07) is 8.87. The third-order valence-electron chi connectivity index (χ3n) is 3.72. The summed E-state index contributed by atoms with van der Waals surface area (Å²) in [7, 11) is 0. The Kier molecular flexibility index (Phi) is 6.19. The molecule has 0 spiro atoms. The third-order valence-corrected chi connectivity index (χ3v) is 3.72. The maximum absolute atomic E-state index is 3.97. The summed E-state index contributed by atoms with van der Waals surface area (Å²) in [5, 5.41) is 0. The van der Waals surface area contributed by atoms with Gasteiger partial charge in [0.25, 0.3) is 0 Å². The van der Waals surface area contributed by atoms with Gasteiger partial charge in [0, 0.05) is 0 Å². The van der Waals surface area contributed by atoms with Crippen molar-refractivity contribution < 1.29 is 0 Å². The number of hydrogen-bond acceptors (Lipinski definition) is 0. The van der Waals surface area contributed by atoms with Gasteiger partial charge in [-0.25, -0.2) is 0 Å². The summed E-state index contributed by atoms with van der Waals surface area (Å²) in [5.41, 5.74) is 3.79. The zero-order valence-corrected chi connectivity index (χ0v) is 12.1. The van der Waals surface area contributed by atoms with E-state index in [1.807, 2.05) is 0 Å². The van der Waals surface area contributed by atoms with Gasteiger partial charge in [0.2, 0.25) is 0 Å². The van der Waals surface area contributed by atoms with Gasteiger partial charge in [0.1, 0.15) is 5.69 Å². The van der Waals surface area contributed by atoms with Gasteiger partial charge >= 0.3 is 0 Å². The maximum Gasteiger partial charge on any atom is 0.132 e. The van der Waals surface area contributed by atoms with Crippen molar-refractivity contribution in [2.45, 2.75) is 27.7 Å². The standard InChI is InChI=1S/C15H24N.CH3/c1-6-16(7-2,8-3)15-11-9-14(10-12-15)13(4)5;/h9-12H,4,6-8H2,1-3,5H3;1H3/q+1;-1. The minimum absolute atomic E-state index is 0. The number of hydrogen-bond donors (Lipinski definition) is 0. The molecule has 1 aromatic carbocycles. The monoisotopic (exact) mass is 233 g/mol. The molecule has 0 aliphatic rings. The average Bonchev–Trinajstić information content (AvgIpc) is 2.33. The molecule has 0 aromatic heterocycles. The smallest absolute Gasteiger partial charge is 0.132 e. The molecule has 0 N–H and O–H groups in total. The van der Waals surface area contributed by atoms with Crippen LogP contribution >= 0.6 is 0 Å². The van der Waals surface area contributed by atoms with Gasteiger partial charge in [-0.05, 0) is 57.5 Å². The van der Waals surface area contributed by atoms with E-state index < -0.39 is 0 Å². The molecule has 0 atom stereocenters. The highest BCUT2D eigenvalue weighted by atomic mass is 15.3. The Balaban J connectivity index is 0.00000256. The normalized spacial score (nSPS) is 10.8. The summed E-state index contributed by atoms with van der Waals surface area (Å²) in [6.45, 7) is 16.3. The topological polar surface area (TPSA) is 0 Å². The van der Waals surface area contributed by atoms with Crippen molar-refractivity contribution in [2.24, 2.45) is 0 Å². The Labute approximate surface area is 107 Å². The van der Waals surface area contributed by atoms with Gasteiger partial charge in [-0.15, -0.1) is 0 Å². The van der Waals surface area contributed by atoms with E-state index in [1.165, 1.54) is 11.3 Å². The second-order valence-corrected chi connectivity index (χ2v) is 4.42. The highest BCUT2D eigenvalue weighted by molar-refractivity contribution is 5.63. The van der Waals surface area contributed by atoms with Gasteiger partial charge in [-0.3, -0.25) is 4.48 Å². The maximum atomic E-state index is 3.97. The van der Waals surface area contributed by atoms with Crippen LogP contribution < -0.4 is 4.48 Å². The Morgan fingerprint density at radius 2 is 1.41 bits per heavy atom. The predicted molar refractivity (Wildman–Crippen MR) is 81.0 cm³/mol. The Morgan fingerprint density at radius 1 is 1.00 bits per heavy atom. The molecule has 0 bridgehead atoms. The van der Waals surface area contributed by atoms with E-state index in [4.69, 9.17) is 0 Å². The quantitative estimate of drug-likeness (QED) is 0.517. The van der Waals surface area contributed by atoms with Crippen molar-refractivity contribution >= 4 is 11.3 Å². The Hall–Kier alpha value is -1.08. The van der Waals surface area contributed by atoms with E-state index >= 15 is 0 Å². The fourth-order valence-corrected chi connectivity index (χ4v) is 2.28. The number of rotatable bonds is 5. The number of allylic oxidation sites excluding steroid dienone is 1. The Bertz CT molecular complexity index is 336. The summed E-state index contributed by atoms with van der Waals surface area (Å²) in [6.07, 6.45) is 0. The molecule has 0 saturated heterocycles. The summed E-state index contributed by atoms with van der Waals surface area (Å²) >= 11 is 0. The SMILES string of the molecule is C=C(C)c1ccc([N+](CC)(CC)CC)cc1.[CH3-]. The van der Waals surface area contributed by atoms with Crippen LogP contribution in [0.25, 0.3) is 5.57 Å². The molecule has 0 radical (unpaired) electrons. The van der Waals surface area contributed by atoms with Crippen molar-refractivity contribution in [1.29, 1.82) is 0 Å². The van der Waals surface area contributed by atoms with E-state index in [0.717, 1.165) is 29.7 Å².